The predicted molar refractivity (Wildman–Crippen MR) is 87.8 cm³/mol. The lowest BCUT2D eigenvalue weighted by Crippen LogP contribution is -2.03. The maximum atomic E-state index is 5.88. The van der Waals surface area contributed by atoms with Gasteiger partial charge >= 0.3 is 0 Å². The first-order valence-corrected chi connectivity index (χ1v) is 6.64. The van der Waals surface area contributed by atoms with Crippen molar-refractivity contribution in [2.24, 2.45) is 11.5 Å². The largest absolute Gasteiger partial charge is 0.326 e. The van der Waals surface area contributed by atoms with Gasteiger partial charge in [0.15, 0.2) is 0 Å². The Kier molecular flexibility index (Phi) is 4.51. The van der Waals surface area contributed by atoms with Crippen molar-refractivity contribution >= 4 is 12.2 Å². The smallest absolute Gasteiger partial charge is 0.0184 e. The highest BCUT2D eigenvalue weighted by Gasteiger charge is 2.09. The van der Waals surface area contributed by atoms with Gasteiger partial charge < -0.3 is 11.5 Å². The summed E-state index contributed by atoms with van der Waals surface area (Å²) in [7, 11) is 0. The third-order valence-electron chi connectivity index (χ3n) is 3.46. The molecule has 0 unspecified atom stereocenters. The van der Waals surface area contributed by atoms with Crippen LogP contribution < -0.4 is 11.5 Å². The molecule has 4 N–H and O–H groups in total. The minimum absolute atomic E-state index is 0.490. The minimum atomic E-state index is 0.490. The van der Waals surface area contributed by atoms with Gasteiger partial charge in [0, 0.05) is 13.1 Å². The first-order valence-electron chi connectivity index (χ1n) is 6.64. The fourth-order valence-electron chi connectivity index (χ4n) is 2.34. The lowest BCUT2D eigenvalue weighted by molar-refractivity contribution is 1.05. The maximum absolute atomic E-state index is 5.88. The number of hydrogen-bond donors (Lipinski definition) is 2. The van der Waals surface area contributed by atoms with Gasteiger partial charge in [-0.25, -0.2) is 0 Å². The van der Waals surface area contributed by atoms with Crippen LogP contribution in [0, 0.1) is 0 Å². The second kappa shape index (κ2) is 6.33. The van der Waals surface area contributed by atoms with Gasteiger partial charge in [-0.05, 0) is 45.5 Å². The van der Waals surface area contributed by atoms with Crippen LogP contribution in [0.2, 0.25) is 0 Å². The van der Waals surface area contributed by atoms with Gasteiger partial charge in [0.25, 0.3) is 0 Å². The first-order chi connectivity index (χ1) is 9.73. The maximum Gasteiger partial charge on any atom is 0.0184 e. The summed E-state index contributed by atoms with van der Waals surface area (Å²) in [5.41, 5.74) is 18.4. The molecule has 0 spiro atoms. The van der Waals surface area contributed by atoms with E-state index in [1.807, 2.05) is 24.3 Å². The van der Waals surface area contributed by atoms with Gasteiger partial charge in [0.2, 0.25) is 0 Å². The van der Waals surface area contributed by atoms with Crippen LogP contribution >= 0.6 is 0 Å². The van der Waals surface area contributed by atoms with E-state index in [2.05, 4.69) is 37.4 Å². The molecular weight excluding hydrogens is 244 g/mol. The normalized spacial score (nSPS) is 10.3. The Labute approximate surface area is 120 Å². The van der Waals surface area contributed by atoms with Crippen molar-refractivity contribution in [2.45, 2.75) is 13.1 Å². The molecule has 0 aliphatic rings. The third-order valence-corrected chi connectivity index (χ3v) is 3.46. The molecule has 2 aromatic rings. The average molecular weight is 264 g/mol. The predicted octanol–water partition coefficient (Wildman–Crippen LogP) is 3.56. The molecule has 0 aliphatic heterocycles. The van der Waals surface area contributed by atoms with Gasteiger partial charge in [0.1, 0.15) is 0 Å². The lowest BCUT2D eigenvalue weighted by atomic mass is 9.92. The Morgan fingerprint density at radius 3 is 1.45 bits per heavy atom. The molecule has 102 valence electrons. The Morgan fingerprint density at radius 1 is 0.750 bits per heavy atom. The van der Waals surface area contributed by atoms with Crippen LogP contribution in [0.15, 0.2) is 49.6 Å². The molecule has 0 atom stereocenters. The zero-order valence-electron chi connectivity index (χ0n) is 11.6. The SMILES string of the molecule is C=Cc1ccc(-c2ccc(C=C)cc2CN)c(CN)c1. The van der Waals surface area contributed by atoms with Crippen LogP contribution in [0.4, 0.5) is 0 Å². The molecule has 0 bridgehead atoms. The van der Waals surface area contributed by atoms with Gasteiger partial charge in [-0.1, -0.05) is 49.6 Å². The summed E-state index contributed by atoms with van der Waals surface area (Å²) in [6.45, 7) is 8.57. The van der Waals surface area contributed by atoms with Crippen LogP contribution in [0.3, 0.4) is 0 Å². The van der Waals surface area contributed by atoms with Crippen molar-refractivity contribution < 1.29 is 0 Å². The molecule has 0 radical (unpaired) electrons. The summed E-state index contributed by atoms with van der Waals surface area (Å²) in [6, 6.07) is 12.4. The van der Waals surface area contributed by atoms with E-state index in [0.29, 0.717) is 13.1 Å². The monoisotopic (exact) mass is 264 g/mol. The van der Waals surface area contributed by atoms with Gasteiger partial charge in [-0.15, -0.1) is 0 Å². The number of hydrogen-bond acceptors (Lipinski definition) is 2. The fraction of sp³-hybridized carbons (Fsp3) is 0.111. The highest BCUT2D eigenvalue weighted by Crippen LogP contribution is 2.29. The van der Waals surface area contributed by atoms with E-state index >= 15 is 0 Å². The molecule has 0 aliphatic carbocycles. The second-order valence-corrected chi connectivity index (χ2v) is 4.65. The van der Waals surface area contributed by atoms with Crippen molar-refractivity contribution in [1.29, 1.82) is 0 Å². The van der Waals surface area contributed by atoms with Gasteiger partial charge in [-0.2, -0.15) is 0 Å². The van der Waals surface area contributed by atoms with Gasteiger partial charge in [-0.3, -0.25) is 0 Å². The van der Waals surface area contributed by atoms with E-state index in [1.165, 1.54) is 0 Å². The standard InChI is InChI=1S/C18H20N2/c1-3-13-5-7-17(15(9-13)11-19)18-8-6-14(4-2)10-16(18)12-20/h3-10H,1-2,11-12,19-20H2. The zero-order chi connectivity index (χ0) is 14.5. The Morgan fingerprint density at radius 2 is 1.15 bits per heavy atom. The molecule has 0 aromatic heterocycles. The van der Waals surface area contributed by atoms with E-state index in [9.17, 15) is 0 Å². The van der Waals surface area contributed by atoms with E-state index in [0.717, 1.165) is 33.4 Å². The van der Waals surface area contributed by atoms with E-state index in [4.69, 9.17) is 11.5 Å². The van der Waals surface area contributed by atoms with Crippen molar-refractivity contribution in [3.05, 3.63) is 71.8 Å². The summed E-state index contributed by atoms with van der Waals surface area (Å²) < 4.78 is 0. The zero-order valence-corrected chi connectivity index (χ0v) is 11.6. The van der Waals surface area contributed by atoms with Gasteiger partial charge in [0.05, 0.1) is 0 Å². The molecule has 2 aromatic carbocycles. The Balaban J connectivity index is 2.61. The summed E-state index contributed by atoms with van der Waals surface area (Å²) >= 11 is 0. The Hall–Kier alpha value is -2.16. The number of rotatable bonds is 5. The molecule has 2 nitrogen and oxygen atoms in total. The highest BCUT2D eigenvalue weighted by molar-refractivity contribution is 5.74. The average Bonchev–Trinajstić information content (AvgIpc) is 2.53. The molecule has 0 saturated heterocycles. The third kappa shape index (κ3) is 2.72. The topological polar surface area (TPSA) is 52.0 Å². The van der Waals surface area contributed by atoms with Crippen molar-refractivity contribution in [2.75, 3.05) is 0 Å². The number of benzene rings is 2. The van der Waals surface area contributed by atoms with Crippen molar-refractivity contribution in [3.63, 3.8) is 0 Å². The van der Waals surface area contributed by atoms with E-state index < -0.39 is 0 Å². The van der Waals surface area contributed by atoms with Crippen LogP contribution in [0.1, 0.15) is 22.3 Å². The summed E-state index contributed by atoms with van der Waals surface area (Å²) in [5.74, 6) is 0. The summed E-state index contributed by atoms with van der Waals surface area (Å²) in [5, 5.41) is 0. The van der Waals surface area contributed by atoms with Crippen LogP contribution in [0.5, 0.6) is 0 Å². The van der Waals surface area contributed by atoms with Crippen molar-refractivity contribution in [1.82, 2.24) is 0 Å². The molecule has 0 amide bonds. The molecule has 2 rings (SSSR count). The molecule has 2 heteroatoms. The Bertz CT molecular complexity index is 584. The molecular formula is C18H20N2. The minimum Gasteiger partial charge on any atom is -0.326 e. The summed E-state index contributed by atoms with van der Waals surface area (Å²) in [6.07, 6.45) is 3.65. The first kappa shape index (κ1) is 14.3. The molecule has 0 saturated carbocycles. The lowest BCUT2D eigenvalue weighted by Gasteiger charge is -2.14. The van der Waals surface area contributed by atoms with E-state index in [-0.39, 0.29) is 0 Å². The number of nitrogens with two attached hydrogens (primary N) is 2. The fourth-order valence-corrected chi connectivity index (χ4v) is 2.34. The summed E-state index contributed by atoms with van der Waals surface area (Å²) in [4.78, 5) is 0. The molecule has 0 heterocycles. The van der Waals surface area contributed by atoms with E-state index in [1.54, 1.807) is 0 Å². The van der Waals surface area contributed by atoms with Crippen LogP contribution in [-0.4, -0.2) is 0 Å². The van der Waals surface area contributed by atoms with Crippen LogP contribution in [-0.2, 0) is 13.1 Å². The quantitative estimate of drug-likeness (QED) is 0.867. The molecule has 0 fully saturated rings. The second-order valence-electron chi connectivity index (χ2n) is 4.65. The highest BCUT2D eigenvalue weighted by atomic mass is 14.5. The van der Waals surface area contributed by atoms with Crippen LogP contribution in [0.25, 0.3) is 23.3 Å². The molecule has 20 heavy (non-hydrogen) atoms. The van der Waals surface area contributed by atoms with Crippen molar-refractivity contribution in [3.8, 4) is 11.1 Å².